The zero-order valence-corrected chi connectivity index (χ0v) is 13.3. The molecule has 0 aromatic heterocycles. The minimum absolute atomic E-state index is 0.201. The lowest BCUT2D eigenvalue weighted by atomic mass is 10.2. The number of likely N-dealkylation sites (N-methyl/N-ethyl adjacent to an activating group) is 1. The van der Waals surface area contributed by atoms with E-state index in [-0.39, 0.29) is 6.10 Å². The van der Waals surface area contributed by atoms with Gasteiger partial charge in [-0.2, -0.15) is 0 Å². The van der Waals surface area contributed by atoms with Crippen molar-refractivity contribution in [3.8, 4) is 5.75 Å². The molecule has 0 fully saturated rings. The monoisotopic (exact) mass is 283 g/mol. The smallest absolute Gasteiger partial charge is 0.120 e. The summed E-state index contributed by atoms with van der Waals surface area (Å²) in [4.78, 5) is 2.37. The van der Waals surface area contributed by atoms with Gasteiger partial charge in [0.15, 0.2) is 0 Å². The molecular weight excluding hydrogens is 258 g/mol. The molecule has 0 bridgehead atoms. The van der Waals surface area contributed by atoms with Gasteiger partial charge in [0.05, 0.1) is 6.54 Å². The lowest BCUT2D eigenvalue weighted by Crippen LogP contribution is -2.35. The van der Waals surface area contributed by atoms with Crippen molar-refractivity contribution >= 4 is 5.69 Å². The van der Waals surface area contributed by atoms with Crippen molar-refractivity contribution in [2.45, 2.75) is 33.3 Å². The molecule has 0 aliphatic carbocycles. The van der Waals surface area contributed by atoms with E-state index in [0.717, 1.165) is 25.3 Å². The number of rotatable bonds is 7. The van der Waals surface area contributed by atoms with Crippen LogP contribution in [0, 0.1) is 6.92 Å². The fourth-order valence-electron chi connectivity index (χ4n) is 2.43. The molecule has 1 atom stereocenters. The van der Waals surface area contributed by atoms with E-state index in [1.54, 1.807) is 0 Å². The molecule has 0 amide bonds. The Labute approximate surface area is 128 Å². The topological polar surface area (TPSA) is 12.5 Å². The van der Waals surface area contributed by atoms with Crippen molar-refractivity contribution in [1.82, 2.24) is 0 Å². The van der Waals surface area contributed by atoms with Gasteiger partial charge in [-0.05, 0) is 50.1 Å². The molecule has 2 heteroatoms. The molecule has 0 aliphatic rings. The van der Waals surface area contributed by atoms with Gasteiger partial charge >= 0.3 is 0 Å². The van der Waals surface area contributed by atoms with Gasteiger partial charge in [0.25, 0.3) is 0 Å². The summed E-state index contributed by atoms with van der Waals surface area (Å²) >= 11 is 0. The second kappa shape index (κ2) is 7.72. The highest BCUT2D eigenvalue weighted by Crippen LogP contribution is 2.18. The van der Waals surface area contributed by atoms with Crippen LogP contribution in [0.15, 0.2) is 54.6 Å². The molecule has 0 saturated carbocycles. The van der Waals surface area contributed by atoms with Gasteiger partial charge in [-0.1, -0.05) is 37.3 Å². The van der Waals surface area contributed by atoms with Gasteiger partial charge in [0.1, 0.15) is 11.9 Å². The quantitative estimate of drug-likeness (QED) is 0.731. The molecule has 0 heterocycles. The maximum absolute atomic E-state index is 6.16. The van der Waals surface area contributed by atoms with E-state index in [1.807, 2.05) is 12.1 Å². The van der Waals surface area contributed by atoms with E-state index >= 15 is 0 Å². The number of hydrogen-bond donors (Lipinski definition) is 0. The average molecular weight is 283 g/mol. The van der Waals surface area contributed by atoms with E-state index in [4.69, 9.17) is 4.74 Å². The third-order valence-corrected chi connectivity index (χ3v) is 3.67. The van der Waals surface area contributed by atoms with Crippen LogP contribution in [0.3, 0.4) is 0 Å². The van der Waals surface area contributed by atoms with E-state index < -0.39 is 0 Å². The van der Waals surface area contributed by atoms with E-state index in [9.17, 15) is 0 Å². The van der Waals surface area contributed by atoms with E-state index in [0.29, 0.717) is 0 Å². The predicted octanol–water partition coefficient (Wildman–Crippen LogP) is 4.68. The van der Waals surface area contributed by atoms with E-state index in [1.165, 1.54) is 11.3 Å². The molecule has 0 N–H and O–H groups in total. The molecule has 2 aromatic carbocycles. The average Bonchev–Trinajstić information content (AvgIpc) is 2.52. The minimum atomic E-state index is 0.201. The summed E-state index contributed by atoms with van der Waals surface area (Å²) in [6.07, 6.45) is 1.20. The maximum atomic E-state index is 6.16. The minimum Gasteiger partial charge on any atom is -0.489 e. The van der Waals surface area contributed by atoms with Crippen LogP contribution < -0.4 is 9.64 Å². The van der Waals surface area contributed by atoms with Crippen molar-refractivity contribution in [3.63, 3.8) is 0 Å². The molecule has 0 saturated heterocycles. The first-order valence-electron chi connectivity index (χ1n) is 7.76. The third-order valence-electron chi connectivity index (χ3n) is 3.67. The summed E-state index contributed by atoms with van der Waals surface area (Å²) in [6.45, 7) is 8.35. The van der Waals surface area contributed by atoms with Crippen LogP contribution in [0.1, 0.15) is 25.8 Å². The predicted molar refractivity (Wildman–Crippen MR) is 90.2 cm³/mol. The first-order valence-corrected chi connectivity index (χ1v) is 7.76. The van der Waals surface area contributed by atoms with Crippen LogP contribution in [-0.4, -0.2) is 19.2 Å². The standard InChI is InChI=1S/C19H25NO/c1-4-18(21-19-13-9-10-16(3)14-19)15-20(5-2)17-11-7-6-8-12-17/h6-14,18H,4-5,15H2,1-3H3. The van der Waals surface area contributed by atoms with Gasteiger partial charge in [-0.3, -0.25) is 0 Å². The Hall–Kier alpha value is -1.96. The van der Waals surface area contributed by atoms with Crippen LogP contribution in [0.4, 0.5) is 5.69 Å². The third kappa shape index (κ3) is 4.52. The van der Waals surface area contributed by atoms with Crippen LogP contribution in [0.25, 0.3) is 0 Å². The normalized spacial score (nSPS) is 12.0. The fourth-order valence-corrected chi connectivity index (χ4v) is 2.43. The Kier molecular flexibility index (Phi) is 5.68. The van der Waals surface area contributed by atoms with Gasteiger partial charge in [-0.15, -0.1) is 0 Å². The van der Waals surface area contributed by atoms with Crippen molar-refractivity contribution in [2.24, 2.45) is 0 Å². The summed E-state index contributed by atoms with van der Waals surface area (Å²) in [5.74, 6) is 0.964. The fraction of sp³-hybridized carbons (Fsp3) is 0.368. The largest absolute Gasteiger partial charge is 0.489 e. The second-order valence-electron chi connectivity index (χ2n) is 5.34. The van der Waals surface area contributed by atoms with Crippen molar-refractivity contribution < 1.29 is 4.74 Å². The molecular formula is C19H25NO. The number of ether oxygens (including phenoxy) is 1. The number of anilines is 1. The second-order valence-corrected chi connectivity index (χ2v) is 5.34. The Bertz CT molecular complexity index is 538. The highest BCUT2D eigenvalue weighted by molar-refractivity contribution is 5.46. The summed E-state index contributed by atoms with van der Waals surface area (Å²) in [5, 5.41) is 0. The lowest BCUT2D eigenvalue weighted by Gasteiger charge is -2.28. The number of aryl methyl sites for hydroxylation is 1. The molecule has 2 nitrogen and oxygen atoms in total. The van der Waals surface area contributed by atoms with Gasteiger partial charge in [0.2, 0.25) is 0 Å². The highest BCUT2D eigenvalue weighted by atomic mass is 16.5. The number of para-hydroxylation sites is 1. The van der Waals surface area contributed by atoms with Crippen LogP contribution in [0.2, 0.25) is 0 Å². The Morgan fingerprint density at radius 1 is 1.00 bits per heavy atom. The molecule has 2 rings (SSSR count). The summed E-state index contributed by atoms with van der Waals surface area (Å²) < 4.78 is 6.16. The molecule has 21 heavy (non-hydrogen) atoms. The SMILES string of the molecule is CCC(CN(CC)c1ccccc1)Oc1cccc(C)c1. The Morgan fingerprint density at radius 3 is 2.38 bits per heavy atom. The summed E-state index contributed by atoms with van der Waals surface area (Å²) in [7, 11) is 0. The lowest BCUT2D eigenvalue weighted by molar-refractivity contribution is 0.202. The molecule has 112 valence electrons. The van der Waals surface area contributed by atoms with Crippen molar-refractivity contribution in [3.05, 3.63) is 60.2 Å². The molecule has 0 radical (unpaired) electrons. The number of nitrogens with zero attached hydrogens (tertiary/aromatic N) is 1. The van der Waals surface area contributed by atoms with Gasteiger partial charge < -0.3 is 9.64 Å². The first kappa shape index (κ1) is 15.4. The Balaban J connectivity index is 2.04. The molecule has 0 spiro atoms. The maximum Gasteiger partial charge on any atom is 0.120 e. The number of hydrogen-bond acceptors (Lipinski definition) is 2. The van der Waals surface area contributed by atoms with Gasteiger partial charge in [-0.25, -0.2) is 0 Å². The molecule has 1 unspecified atom stereocenters. The summed E-state index contributed by atoms with van der Waals surface area (Å²) in [5.41, 5.74) is 2.49. The molecule has 0 aliphatic heterocycles. The van der Waals surface area contributed by atoms with Crippen LogP contribution in [0.5, 0.6) is 5.75 Å². The molecule has 2 aromatic rings. The zero-order valence-electron chi connectivity index (χ0n) is 13.3. The van der Waals surface area contributed by atoms with Crippen LogP contribution in [-0.2, 0) is 0 Å². The summed E-state index contributed by atoms with van der Waals surface area (Å²) in [6, 6.07) is 18.8. The van der Waals surface area contributed by atoms with Crippen molar-refractivity contribution in [2.75, 3.05) is 18.0 Å². The zero-order chi connectivity index (χ0) is 15.1. The van der Waals surface area contributed by atoms with E-state index in [2.05, 4.69) is 68.1 Å². The Morgan fingerprint density at radius 2 is 1.76 bits per heavy atom. The van der Waals surface area contributed by atoms with Gasteiger partial charge in [0, 0.05) is 12.2 Å². The first-order chi connectivity index (χ1) is 10.2. The van der Waals surface area contributed by atoms with Crippen molar-refractivity contribution in [1.29, 1.82) is 0 Å². The van der Waals surface area contributed by atoms with Crippen LogP contribution >= 0.6 is 0 Å². The highest BCUT2D eigenvalue weighted by Gasteiger charge is 2.13. The number of benzene rings is 2.